The number of nitrogens with one attached hydrogen (secondary N) is 1. The van der Waals surface area contributed by atoms with Crippen molar-refractivity contribution in [1.29, 1.82) is 0 Å². The molecular formula is C12H19NO3. The Kier molecular flexibility index (Phi) is 4.52. The second-order valence-corrected chi connectivity index (χ2v) is 4.31. The maximum atomic E-state index is 11.6. The molecule has 0 aromatic carbocycles. The van der Waals surface area contributed by atoms with E-state index in [2.05, 4.69) is 5.32 Å². The first kappa shape index (κ1) is 12.7. The first-order valence-corrected chi connectivity index (χ1v) is 5.75. The molecular weight excluding hydrogens is 206 g/mol. The molecule has 0 aromatic rings. The monoisotopic (exact) mass is 225 g/mol. The molecule has 4 nitrogen and oxygen atoms in total. The highest BCUT2D eigenvalue weighted by Crippen LogP contribution is 2.25. The average Bonchev–Trinajstić information content (AvgIpc) is 2.66. The highest BCUT2D eigenvalue weighted by Gasteiger charge is 2.30. The van der Waals surface area contributed by atoms with Gasteiger partial charge in [0.25, 0.3) is 0 Å². The molecule has 4 heteroatoms. The normalized spacial score (nSPS) is 25.5. The zero-order valence-electron chi connectivity index (χ0n) is 9.82. The van der Waals surface area contributed by atoms with Crippen LogP contribution in [0.25, 0.3) is 0 Å². The number of allylic oxidation sites excluding steroid dienone is 1. The van der Waals surface area contributed by atoms with Crippen LogP contribution in [0.3, 0.4) is 0 Å². The lowest BCUT2D eigenvalue weighted by molar-refractivity contribution is -0.141. The van der Waals surface area contributed by atoms with Gasteiger partial charge in [-0.25, -0.2) is 0 Å². The van der Waals surface area contributed by atoms with Crippen LogP contribution in [0.5, 0.6) is 0 Å². The highest BCUT2D eigenvalue weighted by molar-refractivity contribution is 5.93. The lowest BCUT2D eigenvalue weighted by Crippen LogP contribution is -2.33. The molecule has 0 bridgehead atoms. The van der Waals surface area contributed by atoms with Crippen LogP contribution in [-0.2, 0) is 9.59 Å². The molecule has 0 heterocycles. The van der Waals surface area contributed by atoms with Gasteiger partial charge in [0.2, 0.25) is 5.91 Å². The van der Waals surface area contributed by atoms with Crippen molar-refractivity contribution in [1.82, 2.24) is 5.32 Å². The summed E-state index contributed by atoms with van der Waals surface area (Å²) in [6.45, 7) is 3.76. The van der Waals surface area contributed by atoms with Gasteiger partial charge in [-0.1, -0.05) is 13.0 Å². The molecule has 1 amide bonds. The summed E-state index contributed by atoms with van der Waals surface area (Å²) < 4.78 is 0. The van der Waals surface area contributed by atoms with E-state index in [1.54, 1.807) is 6.92 Å². The molecule has 2 atom stereocenters. The van der Waals surface area contributed by atoms with E-state index in [1.807, 2.05) is 13.0 Å². The molecule has 1 fully saturated rings. The van der Waals surface area contributed by atoms with Gasteiger partial charge < -0.3 is 10.4 Å². The zero-order chi connectivity index (χ0) is 12.1. The maximum Gasteiger partial charge on any atom is 0.306 e. The number of carboxylic acid groups (broad SMARTS) is 1. The molecule has 0 aromatic heterocycles. The number of carboxylic acids is 1. The van der Waals surface area contributed by atoms with Crippen molar-refractivity contribution < 1.29 is 14.7 Å². The van der Waals surface area contributed by atoms with Gasteiger partial charge in [-0.05, 0) is 32.6 Å². The summed E-state index contributed by atoms with van der Waals surface area (Å²) in [5.41, 5.74) is 0.710. The SMILES string of the molecule is CCC=C(C)C(=O)NC1CCC(C(=O)O)C1. The van der Waals surface area contributed by atoms with Crippen LogP contribution in [0.2, 0.25) is 0 Å². The lowest BCUT2D eigenvalue weighted by Gasteiger charge is -2.12. The third-order valence-corrected chi connectivity index (χ3v) is 2.99. The predicted octanol–water partition coefficient (Wildman–Crippen LogP) is 1.71. The fourth-order valence-electron chi connectivity index (χ4n) is 2.04. The van der Waals surface area contributed by atoms with Gasteiger partial charge in [-0.3, -0.25) is 9.59 Å². The van der Waals surface area contributed by atoms with Crippen LogP contribution in [0.15, 0.2) is 11.6 Å². The van der Waals surface area contributed by atoms with Crippen LogP contribution in [0.1, 0.15) is 39.5 Å². The van der Waals surface area contributed by atoms with Crippen molar-refractivity contribution in [2.24, 2.45) is 5.92 Å². The summed E-state index contributed by atoms with van der Waals surface area (Å²) in [6, 6.07) is 0.0220. The zero-order valence-corrected chi connectivity index (χ0v) is 9.82. The van der Waals surface area contributed by atoms with Crippen molar-refractivity contribution in [3.8, 4) is 0 Å². The molecule has 1 aliphatic carbocycles. The molecule has 2 N–H and O–H groups in total. The standard InChI is InChI=1S/C12H19NO3/c1-3-4-8(2)11(14)13-10-6-5-9(7-10)12(15)16/h4,9-10H,3,5-7H2,1-2H3,(H,13,14)(H,15,16). The number of amides is 1. The minimum Gasteiger partial charge on any atom is -0.481 e. The quantitative estimate of drug-likeness (QED) is 0.716. The van der Waals surface area contributed by atoms with Crippen LogP contribution >= 0.6 is 0 Å². The van der Waals surface area contributed by atoms with Gasteiger partial charge >= 0.3 is 5.97 Å². The van der Waals surface area contributed by atoms with Crippen molar-refractivity contribution in [2.75, 3.05) is 0 Å². The Balaban J connectivity index is 2.42. The summed E-state index contributed by atoms with van der Waals surface area (Å²) in [5, 5.41) is 11.7. The van der Waals surface area contributed by atoms with Crippen molar-refractivity contribution in [3.63, 3.8) is 0 Å². The third-order valence-electron chi connectivity index (χ3n) is 2.99. The average molecular weight is 225 g/mol. The van der Waals surface area contributed by atoms with Crippen LogP contribution in [0.4, 0.5) is 0 Å². The number of hydrogen-bond acceptors (Lipinski definition) is 2. The fourth-order valence-corrected chi connectivity index (χ4v) is 2.04. The van der Waals surface area contributed by atoms with E-state index in [0.717, 1.165) is 12.8 Å². The molecule has 0 aliphatic heterocycles. The Morgan fingerprint density at radius 1 is 1.44 bits per heavy atom. The van der Waals surface area contributed by atoms with Gasteiger partial charge in [-0.2, -0.15) is 0 Å². The van der Waals surface area contributed by atoms with E-state index in [0.29, 0.717) is 18.4 Å². The van der Waals surface area contributed by atoms with Crippen molar-refractivity contribution >= 4 is 11.9 Å². The third kappa shape index (κ3) is 3.36. The highest BCUT2D eigenvalue weighted by atomic mass is 16.4. The molecule has 2 unspecified atom stereocenters. The Morgan fingerprint density at radius 2 is 2.12 bits per heavy atom. The summed E-state index contributed by atoms with van der Waals surface area (Å²) in [4.78, 5) is 22.4. The van der Waals surface area contributed by atoms with E-state index in [4.69, 9.17) is 5.11 Å². The van der Waals surface area contributed by atoms with Gasteiger partial charge in [0.15, 0.2) is 0 Å². The number of carbonyl (C=O) groups is 2. The van der Waals surface area contributed by atoms with Crippen molar-refractivity contribution in [2.45, 2.75) is 45.6 Å². The van der Waals surface area contributed by atoms with E-state index in [-0.39, 0.29) is 17.9 Å². The fraction of sp³-hybridized carbons (Fsp3) is 0.667. The molecule has 1 rings (SSSR count). The van der Waals surface area contributed by atoms with E-state index in [1.165, 1.54) is 0 Å². The van der Waals surface area contributed by atoms with Gasteiger partial charge in [0, 0.05) is 11.6 Å². The van der Waals surface area contributed by atoms with Crippen LogP contribution in [0, 0.1) is 5.92 Å². The molecule has 0 spiro atoms. The number of hydrogen-bond donors (Lipinski definition) is 2. The minimum absolute atomic E-state index is 0.0220. The van der Waals surface area contributed by atoms with E-state index >= 15 is 0 Å². The predicted molar refractivity (Wildman–Crippen MR) is 61.0 cm³/mol. The largest absolute Gasteiger partial charge is 0.481 e. The van der Waals surface area contributed by atoms with Gasteiger partial charge in [0.05, 0.1) is 5.92 Å². The molecule has 1 saturated carbocycles. The Labute approximate surface area is 95.7 Å². The number of aliphatic carboxylic acids is 1. The van der Waals surface area contributed by atoms with E-state index in [9.17, 15) is 9.59 Å². The maximum absolute atomic E-state index is 11.6. The second kappa shape index (κ2) is 5.68. The molecule has 1 aliphatic rings. The van der Waals surface area contributed by atoms with E-state index < -0.39 is 5.97 Å². The topological polar surface area (TPSA) is 66.4 Å². The lowest BCUT2D eigenvalue weighted by atomic mass is 10.1. The first-order chi connectivity index (χ1) is 7.54. The molecule has 0 radical (unpaired) electrons. The first-order valence-electron chi connectivity index (χ1n) is 5.75. The van der Waals surface area contributed by atoms with Gasteiger partial charge in [0.1, 0.15) is 0 Å². The Hall–Kier alpha value is -1.32. The van der Waals surface area contributed by atoms with Crippen LogP contribution < -0.4 is 5.32 Å². The minimum atomic E-state index is -0.752. The Bertz CT molecular complexity index is 309. The smallest absolute Gasteiger partial charge is 0.306 e. The summed E-state index contributed by atoms with van der Waals surface area (Å²) in [7, 11) is 0. The number of carbonyl (C=O) groups excluding carboxylic acids is 1. The molecule has 90 valence electrons. The Morgan fingerprint density at radius 3 is 2.62 bits per heavy atom. The van der Waals surface area contributed by atoms with Gasteiger partial charge in [-0.15, -0.1) is 0 Å². The summed E-state index contributed by atoms with van der Waals surface area (Å²) in [6.07, 6.45) is 4.69. The molecule has 0 saturated heterocycles. The summed E-state index contributed by atoms with van der Waals surface area (Å²) in [5.74, 6) is -1.11. The summed E-state index contributed by atoms with van der Waals surface area (Å²) >= 11 is 0. The number of rotatable bonds is 4. The van der Waals surface area contributed by atoms with Crippen molar-refractivity contribution in [3.05, 3.63) is 11.6 Å². The molecule has 16 heavy (non-hydrogen) atoms. The van der Waals surface area contributed by atoms with Crippen LogP contribution in [-0.4, -0.2) is 23.0 Å². The second-order valence-electron chi connectivity index (χ2n) is 4.31.